The van der Waals surface area contributed by atoms with Gasteiger partial charge in [0.25, 0.3) is 0 Å². The fourth-order valence-corrected chi connectivity index (χ4v) is 1.61. The summed E-state index contributed by atoms with van der Waals surface area (Å²) in [4.78, 5) is 0. The largest absolute Gasteiger partial charge is 0.192 e. The van der Waals surface area contributed by atoms with E-state index < -0.39 is 0 Å². The van der Waals surface area contributed by atoms with Crippen LogP contribution in [0.2, 0.25) is 5.02 Å². The van der Waals surface area contributed by atoms with Crippen molar-refractivity contribution in [3.63, 3.8) is 0 Å². The molecule has 0 saturated carbocycles. The predicted molar refractivity (Wildman–Crippen MR) is 50.3 cm³/mol. The van der Waals surface area contributed by atoms with Crippen LogP contribution in [0.15, 0.2) is 12.1 Å². The van der Waals surface area contributed by atoms with Crippen LogP contribution >= 0.6 is 11.6 Å². The van der Waals surface area contributed by atoms with Crippen molar-refractivity contribution in [3.05, 3.63) is 33.8 Å². The number of hydrogen-bond acceptors (Lipinski definition) is 1. The number of nitriles is 1. The standard InChI is InChI=1S/C10H10ClN/c1-3-10-7(2)4-9(11)5-8(10)6-12/h4-5H,3H2,1-2H3. The maximum Gasteiger partial charge on any atom is 0.0995 e. The summed E-state index contributed by atoms with van der Waals surface area (Å²) in [5.74, 6) is 0. The fraction of sp³-hybridized carbons (Fsp3) is 0.300. The van der Waals surface area contributed by atoms with Crippen LogP contribution in [0.1, 0.15) is 23.6 Å². The highest BCUT2D eigenvalue weighted by Crippen LogP contribution is 2.20. The van der Waals surface area contributed by atoms with Gasteiger partial charge in [-0.05, 0) is 36.6 Å². The molecule has 1 nitrogen and oxygen atoms in total. The lowest BCUT2D eigenvalue weighted by molar-refractivity contribution is 1.10. The van der Waals surface area contributed by atoms with E-state index in [1.165, 1.54) is 0 Å². The third-order valence-corrected chi connectivity index (χ3v) is 2.13. The number of nitrogens with zero attached hydrogens (tertiary/aromatic N) is 1. The summed E-state index contributed by atoms with van der Waals surface area (Å²) in [6.07, 6.45) is 0.881. The van der Waals surface area contributed by atoms with Crippen molar-refractivity contribution in [2.45, 2.75) is 20.3 Å². The first-order chi connectivity index (χ1) is 5.69. The quantitative estimate of drug-likeness (QED) is 0.650. The van der Waals surface area contributed by atoms with Crippen LogP contribution in [0.5, 0.6) is 0 Å². The van der Waals surface area contributed by atoms with Gasteiger partial charge >= 0.3 is 0 Å². The number of aryl methyl sites for hydroxylation is 1. The molecule has 0 saturated heterocycles. The Balaban J connectivity index is 3.36. The van der Waals surface area contributed by atoms with E-state index in [1.807, 2.05) is 19.9 Å². The summed E-state index contributed by atoms with van der Waals surface area (Å²) in [5, 5.41) is 9.43. The first-order valence-corrected chi connectivity index (χ1v) is 4.26. The molecule has 0 unspecified atom stereocenters. The van der Waals surface area contributed by atoms with Crippen molar-refractivity contribution in [1.82, 2.24) is 0 Å². The van der Waals surface area contributed by atoms with Crippen molar-refractivity contribution in [3.8, 4) is 6.07 Å². The minimum atomic E-state index is 0.640. The second-order valence-corrected chi connectivity index (χ2v) is 3.15. The van der Waals surface area contributed by atoms with Crippen molar-refractivity contribution in [2.75, 3.05) is 0 Å². The lowest BCUT2D eigenvalue weighted by atomic mass is 10.0. The summed E-state index contributed by atoms with van der Waals surface area (Å²) >= 11 is 5.81. The highest BCUT2D eigenvalue weighted by Gasteiger charge is 2.04. The SMILES string of the molecule is CCc1c(C)cc(Cl)cc1C#N. The van der Waals surface area contributed by atoms with Gasteiger partial charge in [-0.1, -0.05) is 18.5 Å². The van der Waals surface area contributed by atoms with Gasteiger partial charge < -0.3 is 0 Å². The Bertz CT molecular complexity index is 336. The van der Waals surface area contributed by atoms with Gasteiger partial charge in [-0.3, -0.25) is 0 Å². The van der Waals surface area contributed by atoms with E-state index in [1.54, 1.807) is 6.07 Å². The fourth-order valence-electron chi connectivity index (χ4n) is 1.34. The van der Waals surface area contributed by atoms with Crippen molar-refractivity contribution in [2.24, 2.45) is 0 Å². The monoisotopic (exact) mass is 179 g/mol. The first kappa shape index (κ1) is 9.09. The Hall–Kier alpha value is -1.00. The van der Waals surface area contributed by atoms with Gasteiger partial charge in [-0.15, -0.1) is 0 Å². The molecule has 62 valence electrons. The topological polar surface area (TPSA) is 23.8 Å². The van der Waals surface area contributed by atoms with Crippen molar-refractivity contribution < 1.29 is 0 Å². The van der Waals surface area contributed by atoms with E-state index >= 15 is 0 Å². The van der Waals surface area contributed by atoms with Crippen LogP contribution in [0, 0.1) is 18.3 Å². The van der Waals surface area contributed by atoms with Gasteiger partial charge in [0.2, 0.25) is 0 Å². The molecule has 0 aliphatic rings. The molecule has 0 aliphatic heterocycles. The number of halogens is 1. The Kier molecular flexibility index (Phi) is 2.73. The number of hydrogen-bond donors (Lipinski definition) is 0. The highest BCUT2D eigenvalue weighted by atomic mass is 35.5. The van der Waals surface area contributed by atoms with Crippen molar-refractivity contribution >= 4 is 11.6 Å². The van der Waals surface area contributed by atoms with Gasteiger partial charge in [0.15, 0.2) is 0 Å². The molecular weight excluding hydrogens is 170 g/mol. The molecule has 0 aromatic heterocycles. The van der Waals surface area contributed by atoms with Crippen LogP contribution in [-0.4, -0.2) is 0 Å². The van der Waals surface area contributed by atoms with E-state index in [-0.39, 0.29) is 0 Å². The molecule has 0 fully saturated rings. The third kappa shape index (κ3) is 1.60. The maximum absolute atomic E-state index is 8.79. The van der Waals surface area contributed by atoms with Crippen molar-refractivity contribution in [1.29, 1.82) is 5.26 Å². The highest BCUT2D eigenvalue weighted by molar-refractivity contribution is 6.30. The zero-order valence-corrected chi connectivity index (χ0v) is 7.94. The number of rotatable bonds is 1. The van der Waals surface area contributed by atoms with Gasteiger partial charge in [0.1, 0.15) is 0 Å². The molecule has 0 aliphatic carbocycles. The average Bonchev–Trinajstić information content (AvgIpc) is 2.03. The van der Waals surface area contributed by atoms with Gasteiger partial charge in [-0.2, -0.15) is 5.26 Å². The summed E-state index contributed by atoms with van der Waals surface area (Å²) in [6, 6.07) is 5.75. The molecule has 0 heterocycles. The van der Waals surface area contributed by atoms with Crippen LogP contribution in [0.4, 0.5) is 0 Å². The molecule has 0 N–H and O–H groups in total. The second-order valence-electron chi connectivity index (χ2n) is 2.71. The number of benzene rings is 1. The van der Waals surface area contributed by atoms with Crippen LogP contribution in [0.3, 0.4) is 0 Å². The van der Waals surface area contributed by atoms with Gasteiger partial charge in [-0.25, -0.2) is 0 Å². The maximum atomic E-state index is 8.79. The summed E-state index contributed by atoms with van der Waals surface area (Å²) in [5.41, 5.74) is 2.89. The Morgan fingerprint density at radius 2 is 2.17 bits per heavy atom. The van der Waals surface area contributed by atoms with Crippen LogP contribution in [-0.2, 0) is 6.42 Å². The molecule has 0 bridgehead atoms. The smallest absolute Gasteiger partial charge is 0.0995 e. The summed E-state index contributed by atoms with van der Waals surface area (Å²) in [7, 11) is 0. The molecule has 0 spiro atoms. The molecule has 0 amide bonds. The molecular formula is C10H10ClN. The zero-order chi connectivity index (χ0) is 9.14. The van der Waals surface area contributed by atoms with Gasteiger partial charge in [0, 0.05) is 5.02 Å². The minimum Gasteiger partial charge on any atom is -0.192 e. The van der Waals surface area contributed by atoms with Crippen LogP contribution in [0.25, 0.3) is 0 Å². The second kappa shape index (κ2) is 3.60. The Labute approximate surface area is 77.6 Å². The van der Waals surface area contributed by atoms with E-state index in [0.29, 0.717) is 10.6 Å². The molecule has 12 heavy (non-hydrogen) atoms. The Morgan fingerprint density at radius 3 is 2.67 bits per heavy atom. The molecule has 0 atom stereocenters. The molecule has 1 aromatic rings. The summed E-state index contributed by atoms with van der Waals surface area (Å²) < 4.78 is 0. The average molecular weight is 180 g/mol. The summed E-state index contributed by atoms with van der Waals surface area (Å²) in [6.45, 7) is 4.02. The van der Waals surface area contributed by atoms with E-state index in [0.717, 1.165) is 17.5 Å². The zero-order valence-electron chi connectivity index (χ0n) is 7.19. The Morgan fingerprint density at radius 1 is 1.50 bits per heavy atom. The van der Waals surface area contributed by atoms with E-state index in [4.69, 9.17) is 16.9 Å². The lowest BCUT2D eigenvalue weighted by Gasteiger charge is -2.05. The van der Waals surface area contributed by atoms with Gasteiger partial charge in [0.05, 0.1) is 11.6 Å². The predicted octanol–water partition coefficient (Wildman–Crippen LogP) is 3.08. The molecule has 2 heteroatoms. The van der Waals surface area contributed by atoms with Crippen LogP contribution < -0.4 is 0 Å². The minimum absolute atomic E-state index is 0.640. The van der Waals surface area contributed by atoms with E-state index in [2.05, 4.69) is 6.07 Å². The molecule has 1 aromatic carbocycles. The molecule has 0 radical (unpaired) electrons. The normalized spacial score (nSPS) is 9.50. The first-order valence-electron chi connectivity index (χ1n) is 3.88. The van der Waals surface area contributed by atoms with E-state index in [9.17, 15) is 0 Å². The third-order valence-electron chi connectivity index (χ3n) is 1.91. The lowest BCUT2D eigenvalue weighted by Crippen LogP contribution is -1.91. The molecule has 1 rings (SSSR count).